The number of rotatable bonds is 3. The van der Waals surface area contributed by atoms with Crippen molar-refractivity contribution in [1.29, 1.82) is 0 Å². The molecule has 1 saturated heterocycles. The van der Waals surface area contributed by atoms with E-state index in [0.29, 0.717) is 14.9 Å². The molecule has 8 heteroatoms. The van der Waals surface area contributed by atoms with Crippen molar-refractivity contribution in [2.24, 2.45) is 0 Å². The lowest BCUT2D eigenvalue weighted by molar-refractivity contribution is -0.113. The number of thiocarbonyl (C=S) groups is 1. The predicted octanol–water partition coefficient (Wildman–Crippen LogP) is 5.71. The zero-order chi connectivity index (χ0) is 19.0. The summed E-state index contributed by atoms with van der Waals surface area (Å²) in [5, 5.41) is -0.0521. The third-order valence-corrected chi connectivity index (χ3v) is 5.93. The maximum absolute atomic E-state index is 13.4. The molecule has 2 aromatic rings. The zero-order valence-corrected chi connectivity index (χ0v) is 17.8. The third-order valence-electron chi connectivity index (χ3n) is 3.71. The molecule has 2 aromatic carbocycles. The van der Waals surface area contributed by atoms with E-state index in [1.54, 1.807) is 6.08 Å². The molecule has 1 aliphatic rings. The SMILES string of the molecule is CN(C)c1ccc(/C=C2\SC(=S)N(c3ccc(F)c(Cl)c3)C2=O)cc1Br. The van der Waals surface area contributed by atoms with Gasteiger partial charge in [-0.15, -0.1) is 0 Å². The average Bonchev–Trinajstić information content (AvgIpc) is 2.84. The minimum absolute atomic E-state index is 0.0521. The molecule has 0 N–H and O–H groups in total. The molecule has 0 aromatic heterocycles. The average molecular weight is 472 g/mol. The van der Waals surface area contributed by atoms with E-state index in [9.17, 15) is 9.18 Å². The molecule has 0 bridgehead atoms. The van der Waals surface area contributed by atoms with Crippen molar-refractivity contribution < 1.29 is 9.18 Å². The summed E-state index contributed by atoms with van der Waals surface area (Å²) < 4.78 is 14.7. The van der Waals surface area contributed by atoms with Crippen molar-refractivity contribution >= 4 is 79.2 Å². The van der Waals surface area contributed by atoms with Crippen molar-refractivity contribution in [2.45, 2.75) is 0 Å². The number of carbonyl (C=O) groups is 1. The number of benzene rings is 2. The van der Waals surface area contributed by atoms with E-state index in [4.69, 9.17) is 23.8 Å². The Morgan fingerprint density at radius 2 is 2.00 bits per heavy atom. The molecular formula is C18H13BrClFN2OS2. The molecule has 3 rings (SSSR count). The van der Waals surface area contributed by atoms with Gasteiger partial charge in [-0.25, -0.2) is 4.39 Å². The molecule has 0 radical (unpaired) electrons. The highest BCUT2D eigenvalue weighted by atomic mass is 79.9. The van der Waals surface area contributed by atoms with Crippen LogP contribution in [0.25, 0.3) is 6.08 Å². The third kappa shape index (κ3) is 3.81. The van der Waals surface area contributed by atoms with Crippen molar-refractivity contribution in [1.82, 2.24) is 0 Å². The lowest BCUT2D eigenvalue weighted by Crippen LogP contribution is -2.27. The second-order valence-electron chi connectivity index (χ2n) is 5.72. The monoisotopic (exact) mass is 470 g/mol. The minimum Gasteiger partial charge on any atom is -0.377 e. The van der Waals surface area contributed by atoms with E-state index in [0.717, 1.165) is 15.7 Å². The van der Waals surface area contributed by atoms with Gasteiger partial charge in [-0.1, -0.05) is 41.6 Å². The van der Waals surface area contributed by atoms with Crippen LogP contribution < -0.4 is 9.80 Å². The van der Waals surface area contributed by atoms with Crippen molar-refractivity contribution in [3.8, 4) is 0 Å². The lowest BCUT2D eigenvalue weighted by Gasteiger charge is -2.15. The van der Waals surface area contributed by atoms with Crippen LogP contribution in [0.15, 0.2) is 45.8 Å². The predicted molar refractivity (Wildman–Crippen MR) is 116 cm³/mol. The number of nitrogens with zero attached hydrogens (tertiary/aromatic N) is 2. The van der Waals surface area contributed by atoms with Crippen LogP contribution in [-0.2, 0) is 4.79 Å². The Balaban J connectivity index is 1.92. The molecule has 1 aliphatic heterocycles. The standard InChI is InChI=1S/C18H13BrClFN2OS2/c1-22(2)15-6-3-10(7-12(15)19)8-16-17(24)23(18(25)26-16)11-4-5-14(21)13(20)9-11/h3-9H,1-2H3/b16-8-. The van der Waals surface area contributed by atoms with Crippen LogP contribution in [0.4, 0.5) is 15.8 Å². The number of hydrogen-bond acceptors (Lipinski definition) is 4. The highest BCUT2D eigenvalue weighted by molar-refractivity contribution is 9.10. The lowest BCUT2D eigenvalue weighted by atomic mass is 10.2. The summed E-state index contributed by atoms with van der Waals surface area (Å²) in [5.41, 5.74) is 2.36. The highest BCUT2D eigenvalue weighted by Gasteiger charge is 2.33. The Hall–Kier alpha value is -1.41. The topological polar surface area (TPSA) is 23.6 Å². The van der Waals surface area contributed by atoms with E-state index < -0.39 is 5.82 Å². The number of halogens is 3. The summed E-state index contributed by atoms with van der Waals surface area (Å²) in [5.74, 6) is -0.794. The van der Waals surface area contributed by atoms with Crippen molar-refractivity contribution in [3.05, 3.63) is 62.2 Å². The first-order valence-corrected chi connectivity index (χ1v) is 9.87. The zero-order valence-electron chi connectivity index (χ0n) is 13.8. The highest BCUT2D eigenvalue weighted by Crippen LogP contribution is 2.37. The number of amides is 1. The molecule has 134 valence electrons. The van der Waals surface area contributed by atoms with Gasteiger partial charge >= 0.3 is 0 Å². The van der Waals surface area contributed by atoms with Gasteiger partial charge in [0.2, 0.25) is 0 Å². The van der Waals surface area contributed by atoms with Gasteiger partial charge in [-0.2, -0.15) is 0 Å². The Bertz CT molecular complexity index is 949. The number of hydrogen-bond donors (Lipinski definition) is 0. The molecule has 26 heavy (non-hydrogen) atoms. The van der Waals surface area contributed by atoms with Crippen LogP contribution in [-0.4, -0.2) is 24.3 Å². The molecular weight excluding hydrogens is 459 g/mol. The molecule has 0 spiro atoms. The first kappa shape index (κ1) is 19.4. The van der Waals surface area contributed by atoms with Gasteiger partial charge in [-0.3, -0.25) is 9.69 Å². The fourth-order valence-electron chi connectivity index (χ4n) is 2.44. The number of anilines is 2. The maximum atomic E-state index is 13.4. The van der Waals surface area contributed by atoms with E-state index in [1.807, 2.05) is 37.2 Å². The summed E-state index contributed by atoms with van der Waals surface area (Å²) in [6.45, 7) is 0. The molecule has 1 heterocycles. The summed E-state index contributed by atoms with van der Waals surface area (Å²) >= 11 is 15.9. The van der Waals surface area contributed by atoms with E-state index in [2.05, 4.69) is 15.9 Å². The molecule has 0 unspecified atom stereocenters. The maximum Gasteiger partial charge on any atom is 0.270 e. The van der Waals surface area contributed by atoms with Gasteiger partial charge < -0.3 is 4.90 Å². The van der Waals surface area contributed by atoms with Crippen LogP contribution >= 0.6 is 51.5 Å². The summed E-state index contributed by atoms with van der Waals surface area (Å²) in [4.78, 5) is 16.6. The normalized spacial score (nSPS) is 15.9. The van der Waals surface area contributed by atoms with Crippen LogP contribution in [0.3, 0.4) is 0 Å². The van der Waals surface area contributed by atoms with Crippen LogP contribution in [0.2, 0.25) is 5.02 Å². The van der Waals surface area contributed by atoms with Crippen LogP contribution in [0.1, 0.15) is 5.56 Å². The van der Waals surface area contributed by atoms with E-state index >= 15 is 0 Å². The smallest absolute Gasteiger partial charge is 0.270 e. The van der Waals surface area contributed by atoms with Gasteiger partial charge in [0, 0.05) is 18.6 Å². The first-order valence-electron chi connectivity index (χ1n) is 7.48. The largest absolute Gasteiger partial charge is 0.377 e. The van der Waals surface area contributed by atoms with Crippen LogP contribution in [0.5, 0.6) is 0 Å². The minimum atomic E-state index is -0.540. The van der Waals surface area contributed by atoms with Crippen molar-refractivity contribution in [2.75, 3.05) is 23.9 Å². The van der Waals surface area contributed by atoms with Gasteiger partial charge in [0.15, 0.2) is 4.32 Å². The Morgan fingerprint density at radius 1 is 1.27 bits per heavy atom. The summed E-state index contributed by atoms with van der Waals surface area (Å²) in [6.07, 6.45) is 1.79. The second kappa shape index (κ2) is 7.68. The van der Waals surface area contributed by atoms with Gasteiger partial charge in [-0.05, 0) is 57.9 Å². The number of carbonyl (C=O) groups excluding carboxylic acids is 1. The Kier molecular flexibility index (Phi) is 5.72. The first-order chi connectivity index (χ1) is 12.3. The second-order valence-corrected chi connectivity index (χ2v) is 8.66. The molecule has 0 aliphatic carbocycles. The number of thioether (sulfide) groups is 1. The Morgan fingerprint density at radius 3 is 2.62 bits per heavy atom. The van der Waals surface area contributed by atoms with Gasteiger partial charge in [0.25, 0.3) is 5.91 Å². The molecule has 3 nitrogen and oxygen atoms in total. The van der Waals surface area contributed by atoms with E-state index in [-0.39, 0.29) is 10.9 Å². The van der Waals surface area contributed by atoms with Gasteiger partial charge in [0.05, 0.1) is 21.3 Å². The molecule has 1 amide bonds. The fraction of sp³-hybridized carbons (Fsp3) is 0.111. The molecule has 1 fully saturated rings. The van der Waals surface area contributed by atoms with Gasteiger partial charge in [0.1, 0.15) is 5.82 Å². The Labute approximate surface area is 173 Å². The fourth-order valence-corrected chi connectivity index (χ4v) is 4.67. The quantitative estimate of drug-likeness (QED) is 0.422. The molecule has 0 atom stereocenters. The molecule has 0 saturated carbocycles. The summed E-state index contributed by atoms with van der Waals surface area (Å²) in [6, 6.07) is 9.94. The van der Waals surface area contributed by atoms with Crippen LogP contribution in [0, 0.1) is 5.82 Å². The summed E-state index contributed by atoms with van der Waals surface area (Å²) in [7, 11) is 3.91. The van der Waals surface area contributed by atoms with Crippen molar-refractivity contribution in [3.63, 3.8) is 0 Å². The van der Waals surface area contributed by atoms with E-state index in [1.165, 1.54) is 34.9 Å².